The molecule has 0 saturated heterocycles. The van der Waals surface area contributed by atoms with E-state index in [1.807, 2.05) is 50.2 Å². The van der Waals surface area contributed by atoms with E-state index in [0.29, 0.717) is 5.46 Å². The Morgan fingerprint density at radius 1 is 0.905 bits per heavy atom. The van der Waals surface area contributed by atoms with Gasteiger partial charge in [-0.15, -0.1) is 23.3 Å². The van der Waals surface area contributed by atoms with Crippen LogP contribution >= 0.6 is 23.3 Å². The summed E-state index contributed by atoms with van der Waals surface area (Å²) in [6, 6.07) is 14.8. The van der Waals surface area contributed by atoms with E-state index in [-0.39, 0.29) is 0 Å². The quantitative estimate of drug-likeness (QED) is 0.399. The zero-order chi connectivity index (χ0) is 16.3. The van der Waals surface area contributed by atoms with Crippen LogP contribution in [-0.2, 0) is 0 Å². The van der Waals surface area contributed by atoms with Gasteiger partial charge < -0.3 is 14.8 Å². The van der Waals surface area contributed by atoms with Crippen molar-refractivity contribution in [2.24, 2.45) is 0 Å². The molecule has 0 fully saturated rings. The first-order chi connectivity index (χ1) is 10.2. The first-order valence-electron chi connectivity index (χ1n) is 6.51. The summed E-state index contributed by atoms with van der Waals surface area (Å²) in [7, 11) is 0.207. The molecule has 0 saturated carbocycles. The van der Waals surface area contributed by atoms with Crippen LogP contribution in [0.2, 0.25) is 0 Å². The van der Waals surface area contributed by atoms with Crippen molar-refractivity contribution in [3.63, 3.8) is 0 Å². The maximum absolute atomic E-state index is 9.00. The third-order valence-electron chi connectivity index (χ3n) is 2.61. The second-order valence-corrected chi connectivity index (χ2v) is 3.73. The van der Waals surface area contributed by atoms with Crippen molar-refractivity contribution in [1.29, 1.82) is 0 Å². The summed E-state index contributed by atoms with van der Waals surface area (Å²) in [4.78, 5) is 0. The number of thiol groups is 2. The molecule has 0 bridgehead atoms. The molecule has 0 radical (unpaired) electrons. The van der Waals surface area contributed by atoms with Crippen LogP contribution in [0.5, 0.6) is 5.75 Å². The summed E-state index contributed by atoms with van der Waals surface area (Å²) in [5.74, 6) is 0.800. The predicted octanol–water partition coefficient (Wildman–Crippen LogP) is 2.83. The molecule has 0 aliphatic heterocycles. The molecule has 0 amide bonds. The fourth-order valence-corrected chi connectivity index (χ4v) is 1.65. The highest BCUT2D eigenvalue weighted by Gasteiger charge is 2.10. The van der Waals surface area contributed by atoms with Crippen LogP contribution in [-0.4, -0.2) is 24.3 Å². The lowest BCUT2D eigenvalue weighted by Crippen LogP contribution is -2.29. The molecular formula is C15H21BO3S2. The van der Waals surface area contributed by atoms with Crippen LogP contribution in [0.4, 0.5) is 0 Å². The zero-order valence-electron chi connectivity index (χ0n) is 12.4. The topological polar surface area (TPSA) is 49.7 Å². The molecular weight excluding hydrogens is 303 g/mol. The van der Waals surface area contributed by atoms with Gasteiger partial charge in [-0.3, -0.25) is 0 Å². The smallest absolute Gasteiger partial charge is 0.488 e. The van der Waals surface area contributed by atoms with Gasteiger partial charge in [-0.25, -0.2) is 0 Å². The fraction of sp³-hybridized carbons (Fsp3) is 0.200. The second-order valence-electron chi connectivity index (χ2n) is 3.73. The molecule has 0 spiro atoms. The van der Waals surface area contributed by atoms with Crippen LogP contribution in [0, 0.1) is 0 Å². The summed E-state index contributed by atoms with van der Waals surface area (Å²) >= 11 is 6.44. The summed E-state index contributed by atoms with van der Waals surface area (Å²) < 4.78 is 5.16. The Morgan fingerprint density at radius 3 is 1.95 bits per heavy atom. The van der Waals surface area contributed by atoms with Crippen molar-refractivity contribution >= 4 is 35.9 Å². The maximum Gasteiger partial charge on any atom is 0.488 e. The van der Waals surface area contributed by atoms with Crippen molar-refractivity contribution in [3.8, 4) is 16.9 Å². The largest absolute Gasteiger partial charge is 0.497 e. The van der Waals surface area contributed by atoms with E-state index in [2.05, 4.69) is 23.3 Å². The number of rotatable bonds is 3. The van der Waals surface area contributed by atoms with E-state index >= 15 is 0 Å². The number of benzene rings is 2. The van der Waals surface area contributed by atoms with Gasteiger partial charge in [0.1, 0.15) is 5.75 Å². The van der Waals surface area contributed by atoms with Gasteiger partial charge in [0.25, 0.3) is 0 Å². The Bertz CT molecular complexity index is 505. The lowest BCUT2D eigenvalue weighted by Gasteiger charge is -2.06. The van der Waals surface area contributed by atoms with Crippen molar-refractivity contribution < 1.29 is 14.8 Å². The molecule has 3 nitrogen and oxygen atoms in total. The van der Waals surface area contributed by atoms with E-state index in [1.165, 1.54) is 0 Å². The Kier molecular flexibility index (Phi) is 11.0. The van der Waals surface area contributed by atoms with E-state index in [0.717, 1.165) is 16.9 Å². The highest BCUT2D eigenvalue weighted by atomic mass is 33.1. The first kappa shape index (κ1) is 19.9. The summed E-state index contributed by atoms with van der Waals surface area (Å²) in [6.07, 6.45) is 0. The molecule has 6 heteroatoms. The number of ether oxygens (including phenoxy) is 1. The minimum absolute atomic E-state index is 0.483. The predicted molar refractivity (Wildman–Crippen MR) is 97.6 cm³/mol. The molecule has 2 aromatic rings. The molecule has 0 unspecified atom stereocenters. The normalized spacial score (nSPS) is 8.71. The second kappa shape index (κ2) is 11.6. The minimum atomic E-state index is -1.42. The van der Waals surface area contributed by atoms with Gasteiger partial charge in [0, 0.05) is 0 Å². The molecule has 0 heterocycles. The van der Waals surface area contributed by atoms with Crippen LogP contribution in [0.3, 0.4) is 0 Å². The molecule has 2 N–H and O–H groups in total. The van der Waals surface area contributed by atoms with Crippen LogP contribution in [0.1, 0.15) is 13.8 Å². The molecule has 0 aliphatic carbocycles. The number of hydrogen-bond acceptors (Lipinski definition) is 5. The van der Waals surface area contributed by atoms with E-state index in [9.17, 15) is 0 Å². The third kappa shape index (κ3) is 6.48. The van der Waals surface area contributed by atoms with Crippen LogP contribution in [0.25, 0.3) is 11.1 Å². The van der Waals surface area contributed by atoms with Gasteiger partial charge in [0.05, 0.1) is 7.11 Å². The van der Waals surface area contributed by atoms with E-state index in [1.54, 1.807) is 19.2 Å². The average Bonchev–Trinajstić information content (AvgIpc) is 2.58. The minimum Gasteiger partial charge on any atom is -0.497 e. The summed E-state index contributed by atoms with van der Waals surface area (Å²) in [6.45, 7) is 4.00. The van der Waals surface area contributed by atoms with Gasteiger partial charge in [-0.05, 0) is 28.7 Å². The van der Waals surface area contributed by atoms with Gasteiger partial charge in [0.15, 0.2) is 0 Å². The SMILES string of the molecule is CC.COc1cccc(-c2ccc(B(O)O)cc2)c1.SS. The fourth-order valence-electron chi connectivity index (χ4n) is 1.65. The van der Waals surface area contributed by atoms with Gasteiger partial charge >= 0.3 is 7.12 Å². The Hall–Kier alpha value is -1.08. The number of methoxy groups -OCH3 is 1. The van der Waals surface area contributed by atoms with Gasteiger partial charge in [-0.2, -0.15) is 0 Å². The highest BCUT2D eigenvalue weighted by Crippen LogP contribution is 2.22. The van der Waals surface area contributed by atoms with Gasteiger partial charge in [0.2, 0.25) is 0 Å². The molecule has 0 aromatic heterocycles. The molecule has 2 rings (SSSR count). The van der Waals surface area contributed by atoms with Crippen LogP contribution < -0.4 is 10.2 Å². The molecule has 0 aliphatic rings. The zero-order valence-corrected chi connectivity index (χ0v) is 14.2. The molecule has 114 valence electrons. The molecule has 0 atom stereocenters. The van der Waals surface area contributed by atoms with Crippen molar-refractivity contribution in [3.05, 3.63) is 48.5 Å². The molecule has 2 aromatic carbocycles. The molecule has 21 heavy (non-hydrogen) atoms. The Balaban J connectivity index is 0.000000921. The maximum atomic E-state index is 9.00. The van der Waals surface area contributed by atoms with Crippen molar-refractivity contribution in [2.75, 3.05) is 7.11 Å². The van der Waals surface area contributed by atoms with E-state index < -0.39 is 7.12 Å². The summed E-state index contributed by atoms with van der Waals surface area (Å²) in [5, 5.41) is 18.0. The van der Waals surface area contributed by atoms with Gasteiger partial charge in [-0.1, -0.05) is 50.2 Å². The highest BCUT2D eigenvalue weighted by molar-refractivity contribution is 8.59. The summed E-state index contributed by atoms with van der Waals surface area (Å²) in [5.41, 5.74) is 2.52. The van der Waals surface area contributed by atoms with E-state index in [4.69, 9.17) is 14.8 Å². The lowest BCUT2D eigenvalue weighted by atomic mass is 9.80. The Labute approximate surface area is 137 Å². The standard InChI is InChI=1S/C13H13BO3.C2H6.H2S2/c1-17-13-4-2-3-11(9-13)10-5-7-12(8-6-10)14(15)16;2*1-2/h2-9,15-16H,1H3;1-2H3;1-2H. The third-order valence-corrected chi connectivity index (χ3v) is 2.61. The number of hydrogen-bond donors (Lipinski definition) is 4. The first-order valence-corrected chi connectivity index (χ1v) is 8.11. The Morgan fingerprint density at radius 2 is 1.48 bits per heavy atom. The van der Waals surface area contributed by atoms with Crippen molar-refractivity contribution in [1.82, 2.24) is 0 Å². The monoisotopic (exact) mass is 324 g/mol. The lowest BCUT2D eigenvalue weighted by molar-refractivity contribution is 0.415. The average molecular weight is 324 g/mol. The van der Waals surface area contributed by atoms with Crippen molar-refractivity contribution in [2.45, 2.75) is 13.8 Å². The van der Waals surface area contributed by atoms with Crippen LogP contribution in [0.15, 0.2) is 48.5 Å².